The van der Waals surface area contributed by atoms with Crippen molar-refractivity contribution in [3.8, 4) is 6.07 Å². The van der Waals surface area contributed by atoms with Gasteiger partial charge in [-0.1, -0.05) is 44.1 Å². The van der Waals surface area contributed by atoms with E-state index in [1.165, 1.54) is 5.57 Å². The van der Waals surface area contributed by atoms with Crippen LogP contribution < -0.4 is 4.72 Å². The van der Waals surface area contributed by atoms with Crippen LogP contribution in [0.5, 0.6) is 0 Å². The maximum atomic E-state index is 12.5. The fourth-order valence-electron chi connectivity index (χ4n) is 2.42. The zero-order valence-electron chi connectivity index (χ0n) is 12.5. The topological polar surface area (TPSA) is 70.0 Å². The summed E-state index contributed by atoms with van der Waals surface area (Å²) >= 11 is 0. The third kappa shape index (κ3) is 3.50. The van der Waals surface area contributed by atoms with E-state index < -0.39 is 14.8 Å². The van der Waals surface area contributed by atoms with Gasteiger partial charge in [-0.25, -0.2) is 13.1 Å². The number of sulfonamides is 1. The molecule has 1 rings (SSSR count). The van der Waals surface area contributed by atoms with Crippen molar-refractivity contribution in [1.82, 2.24) is 4.72 Å². The van der Waals surface area contributed by atoms with Crippen LogP contribution in [-0.2, 0) is 10.0 Å². The van der Waals surface area contributed by atoms with Crippen LogP contribution in [-0.4, -0.2) is 19.7 Å². The highest BCUT2D eigenvalue weighted by molar-refractivity contribution is 7.91. The summed E-state index contributed by atoms with van der Waals surface area (Å²) < 4.78 is 26.6. The van der Waals surface area contributed by atoms with Gasteiger partial charge in [-0.3, -0.25) is 0 Å². The summed E-state index contributed by atoms with van der Waals surface area (Å²) in [5, 5.41) is 8.52. The zero-order valence-corrected chi connectivity index (χ0v) is 13.3. The Morgan fingerprint density at radius 1 is 1.50 bits per heavy atom. The molecule has 0 aromatic heterocycles. The average molecular weight is 296 g/mol. The Balaban J connectivity index is 2.91. The van der Waals surface area contributed by atoms with Crippen LogP contribution >= 0.6 is 0 Å². The van der Waals surface area contributed by atoms with Crippen LogP contribution in [0.1, 0.15) is 46.5 Å². The first-order valence-electron chi connectivity index (χ1n) is 7.13. The first-order valence-corrected chi connectivity index (χ1v) is 8.61. The van der Waals surface area contributed by atoms with Gasteiger partial charge in [-0.05, 0) is 19.8 Å². The van der Waals surface area contributed by atoms with Gasteiger partial charge in [0.25, 0.3) is 0 Å². The monoisotopic (exact) mass is 296 g/mol. The molecule has 5 heteroatoms. The molecule has 1 N–H and O–H groups in total. The van der Waals surface area contributed by atoms with Gasteiger partial charge >= 0.3 is 0 Å². The predicted octanol–water partition coefficient (Wildman–Crippen LogP) is 2.90. The van der Waals surface area contributed by atoms with Crippen molar-refractivity contribution in [3.63, 3.8) is 0 Å². The summed E-state index contributed by atoms with van der Waals surface area (Å²) in [5.74, 6) is -0.0568. The van der Waals surface area contributed by atoms with Crippen molar-refractivity contribution in [2.75, 3.05) is 6.54 Å². The number of hydrogen-bond donors (Lipinski definition) is 1. The van der Waals surface area contributed by atoms with Gasteiger partial charge in [-0.15, -0.1) is 0 Å². The van der Waals surface area contributed by atoms with Crippen LogP contribution in [0.2, 0.25) is 0 Å². The Labute approximate surface area is 122 Å². The average Bonchev–Trinajstić information content (AvgIpc) is 2.40. The molecule has 0 saturated heterocycles. The highest BCUT2D eigenvalue weighted by Gasteiger charge is 2.43. The number of nitrogens with zero attached hydrogens (tertiary/aromatic N) is 1. The largest absolute Gasteiger partial charge is 0.221 e. The molecule has 0 aromatic carbocycles. The van der Waals surface area contributed by atoms with E-state index in [4.69, 9.17) is 5.26 Å². The van der Waals surface area contributed by atoms with Crippen molar-refractivity contribution < 1.29 is 8.42 Å². The molecule has 4 nitrogen and oxygen atoms in total. The minimum absolute atomic E-state index is 0.0568. The van der Waals surface area contributed by atoms with Gasteiger partial charge in [0, 0.05) is 18.9 Å². The van der Waals surface area contributed by atoms with Crippen molar-refractivity contribution in [1.29, 1.82) is 5.26 Å². The fraction of sp³-hybridized carbons (Fsp3) is 0.667. The standard InChI is InChI=1S/C15H24N2O2S/c1-4-5-8-14-9-6-10-15(3,13(14)2)20(18,19)17-12-7-11-16/h6,9-10,13,17H,4-5,7-8,12H2,1-3H3. The van der Waals surface area contributed by atoms with Gasteiger partial charge in [0.2, 0.25) is 10.0 Å². The molecule has 112 valence electrons. The Kier molecular flexibility index (Phi) is 5.97. The Bertz CT molecular complexity index is 529. The van der Waals surface area contributed by atoms with Gasteiger partial charge in [0.15, 0.2) is 0 Å². The van der Waals surface area contributed by atoms with Crippen LogP contribution in [0.3, 0.4) is 0 Å². The molecule has 0 amide bonds. The molecule has 20 heavy (non-hydrogen) atoms. The van der Waals surface area contributed by atoms with Gasteiger partial charge in [0.1, 0.15) is 4.75 Å². The summed E-state index contributed by atoms with van der Waals surface area (Å²) in [6.45, 7) is 6.02. The second kappa shape index (κ2) is 7.05. The molecule has 1 aliphatic rings. The number of unbranched alkanes of at least 4 members (excludes halogenated alkanes) is 1. The van der Waals surface area contributed by atoms with Gasteiger partial charge in [0.05, 0.1) is 6.07 Å². The summed E-state index contributed by atoms with van der Waals surface area (Å²) in [6.07, 6.45) is 8.92. The van der Waals surface area contributed by atoms with Crippen LogP contribution in [0.15, 0.2) is 23.8 Å². The van der Waals surface area contributed by atoms with Crippen LogP contribution in [0.4, 0.5) is 0 Å². The second-order valence-electron chi connectivity index (χ2n) is 5.42. The normalized spacial score (nSPS) is 26.1. The lowest BCUT2D eigenvalue weighted by Crippen LogP contribution is -2.48. The molecule has 0 aliphatic heterocycles. The number of hydrogen-bond acceptors (Lipinski definition) is 3. The summed E-state index contributed by atoms with van der Waals surface area (Å²) in [4.78, 5) is 0. The van der Waals surface area contributed by atoms with Crippen molar-refractivity contribution >= 4 is 10.0 Å². The molecule has 2 unspecified atom stereocenters. The first-order chi connectivity index (χ1) is 9.39. The maximum absolute atomic E-state index is 12.5. The number of nitrogens with one attached hydrogen (secondary N) is 1. The fourth-order valence-corrected chi connectivity index (χ4v) is 3.98. The van der Waals surface area contributed by atoms with E-state index in [1.807, 2.05) is 25.1 Å². The summed E-state index contributed by atoms with van der Waals surface area (Å²) in [6, 6.07) is 1.95. The summed E-state index contributed by atoms with van der Waals surface area (Å²) in [7, 11) is -3.49. The maximum Gasteiger partial charge on any atom is 0.221 e. The van der Waals surface area contributed by atoms with Crippen LogP contribution in [0.25, 0.3) is 0 Å². The Morgan fingerprint density at radius 2 is 2.20 bits per heavy atom. The predicted molar refractivity (Wildman–Crippen MR) is 81.5 cm³/mol. The van der Waals surface area contributed by atoms with Crippen LogP contribution in [0, 0.1) is 17.2 Å². The molecule has 0 bridgehead atoms. The van der Waals surface area contributed by atoms with E-state index in [0.717, 1.165) is 19.3 Å². The quantitative estimate of drug-likeness (QED) is 0.734. The summed E-state index contributed by atoms with van der Waals surface area (Å²) in [5.41, 5.74) is 1.18. The van der Waals surface area contributed by atoms with E-state index in [-0.39, 0.29) is 18.9 Å². The van der Waals surface area contributed by atoms with Crippen molar-refractivity contribution in [2.45, 2.75) is 51.2 Å². The molecule has 0 radical (unpaired) electrons. The SMILES string of the molecule is CCCCC1=CC=CC(C)(S(=O)(=O)NCCC#N)C1C. The molecular formula is C15H24N2O2S. The van der Waals surface area contributed by atoms with Crippen molar-refractivity contribution in [3.05, 3.63) is 23.8 Å². The van der Waals surface area contributed by atoms with Crippen molar-refractivity contribution in [2.24, 2.45) is 5.92 Å². The number of allylic oxidation sites excluding steroid dienone is 3. The third-order valence-electron chi connectivity index (χ3n) is 4.08. The molecule has 0 saturated carbocycles. The highest BCUT2D eigenvalue weighted by atomic mass is 32.2. The highest BCUT2D eigenvalue weighted by Crippen LogP contribution is 2.37. The smallest absolute Gasteiger partial charge is 0.213 e. The Morgan fingerprint density at radius 3 is 2.80 bits per heavy atom. The van der Waals surface area contributed by atoms with E-state index in [0.29, 0.717) is 0 Å². The first kappa shape index (κ1) is 16.9. The zero-order chi connectivity index (χ0) is 15.2. The van der Waals surface area contributed by atoms with Gasteiger partial charge < -0.3 is 0 Å². The van der Waals surface area contributed by atoms with Gasteiger partial charge in [-0.2, -0.15) is 5.26 Å². The molecule has 2 atom stereocenters. The molecule has 1 aliphatic carbocycles. The third-order valence-corrected chi connectivity index (χ3v) is 6.31. The second-order valence-corrected chi connectivity index (χ2v) is 7.59. The minimum atomic E-state index is -3.49. The molecular weight excluding hydrogens is 272 g/mol. The molecule has 0 aromatic rings. The van der Waals surface area contributed by atoms with E-state index in [2.05, 4.69) is 11.6 Å². The van der Waals surface area contributed by atoms with E-state index >= 15 is 0 Å². The van der Waals surface area contributed by atoms with E-state index in [1.54, 1.807) is 13.0 Å². The molecule has 0 fully saturated rings. The lowest BCUT2D eigenvalue weighted by atomic mass is 9.82. The number of nitriles is 1. The lowest BCUT2D eigenvalue weighted by molar-refractivity contribution is 0.477. The minimum Gasteiger partial charge on any atom is -0.213 e. The Hall–Kier alpha value is -1.12. The number of rotatable bonds is 7. The lowest BCUT2D eigenvalue weighted by Gasteiger charge is -2.36. The molecule has 0 spiro atoms. The van der Waals surface area contributed by atoms with E-state index in [9.17, 15) is 8.42 Å². The molecule has 0 heterocycles.